The first kappa shape index (κ1) is 23.4. The molecule has 1 saturated carbocycles. The first-order valence-electron chi connectivity index (χ1n) is 10.9. The van der Waals surface area contributed by atoms with Crippen LogP contribution >= 0.6 is 11.6 Å². The van der Waals surface area contributed by atoms with E-state index in [0.717, 1.165) is 5.56 Å². The van der Waals surface area contributed by atoms with E-state index in [9.17, 15) is 18.0 Å². The van der Waals surface area contributed by atoms with Crippen molar-refractivity contribution >= 4 is 38.9 Å². The molecule has 12 heteroatoms. The number of carbonyl (C=O) groups is 2. The molecule has 1 atom stereocenters. The minimum atomic E-state index is -2.95. The van der Waals surface area contributed by atoms with Crippen molar-refractivity contribution in [2.75, 3.05) is 22.3 Å². The number of alkyl halides is 1. The van der Waals surface area contributed by atoms with Gasteiger partial charge >= 0.3 is 0 Å². The number of anilines is 1. The smallest absolute Gasteiger partial charge is 0.248 e. The highest BCUT2D eigenvalue weighted by Crippen LogP contribution is 2.50. The van der Waals surface area contributed by atoms with Crippen molar-refractivity contribution in [2.45, 2.75) is 24.9 Å². The van der Waals surface area contributed by atoms with E-state index in [1.54, 1.807) is 30.5 Å². The number of nitrogens with zero attached hydrogens (tertiary/aromatic N) is 4. The number of rotatable bonds is 7. The molecule has 1 aliphatic heterocycles. The fourth-order valence-electron chi connectivity index (χ4n) is 5.01. The van der Waals surface area contributed by atoms with Gasteiger partial charge < -0.3 is 9.73 Å². The van der Waals surface area contributed by atoms with E-state index in [-0.39, 0.29) is 28.8 Å². The fraction of sp³-hybridized carbons (Fsp3) is 0.348. The van der Waals surface area contributed by atoms with Crippen LogP contribution in [0.4, 0.5) is 5.69 Å². The molecule has 5 rings (SSSR count). The molecule has 0 bridgehead atoms. The molecule has 1 unspecified atom stereocenters. The Kier molecular flexibility index (Phi) is 6.06. The van der Waals surface area contributed by atoms with E-state index in [1.165, 1.54) is 30.0 Å². The number of sulfone groups is 1. The summed E-state index contributed by atoms with van der Waals surface area (Å²) in [5.41, 5.74) is 1.40. The summed E-state index contributed by atoms with van der Waals surface area (Å²) in [6.07, 6.45) is 8.38. The van der Waals surface area contributed by atoms with Crippen molar-refractivity contribution in [1.29, 1.82) is 0 Å². The molecule has 3 aromatic rings. The molecule has 1 aromatic carbocycles. The number of oxazole rings is 1. The second-order valence-electron chi connectivity index (χ2n) is 9.03. The van der Waals surface area contributed by atoms with Crippen LogP contribution in [0.5, 0.6) is 0 Å². The van der Waals surface area contributed by atoms with Crippen LogP contribution in [0.2, 0.25) is 0 Å². The normalized spacial score (nSPS) is 18.8. The highest BCUT2D eigenvalue weighted by Gasteiger charge is 2.56. The van der Waals surface area contributed by atoms with E-state index in [0.29, 0.717) is 29.9 Å². The summed E-state index contributed by atoms with van der Waals surface area (Å²) in [5, 5.41) is 2.98. The van der Waals surface area contributed by atoms with Crippen LogP contribution < -0.4 is 10.2 Å². The van der Waals surface area contributed by atoms with Crippen LogP contribution in [-0.4, -0.2) is 58.6 Å². The monoisotopic (exact) mass is 515 g/mol. The van der Waals surface area contributed by atoms with Gasteiger partial charge in [-0.1, -0.05) is 0 Å². The minimum Gasteiger partial charge on any atom is -0.444 e. The highest BCUT2D eigenvalue weighted by atomic mass is 35.5. The number of hydrogen-bond acceptors (Lipinski definition) is 8. The number of benzene rings is 1. The third-order valence-electron chi connectivity index (χ3n) is 6.41. The maximum absolute atomic E-state index is 13.5. The Bertz CT molecular complexity index is 1310. The predicted molar refractivity (Wildman–Crippen MR) is 127 cm³/mol. The van der Waals surface area contributed by atoms with E-state index < -0.39 is 27.7 Å². The van der Waals surface area contributed by atoms with Gasteiger partial charge in [0, 0.05) is 40.7 Å². The second-order valence-corrected chi connectivity index (χ2v) is 11.4. The second kappa shape index (κ2) is 9.04. The summed E-state index contributed by atoms with van der Waals surface area (Å²) in [4.78, 5) is 39.8. The number of halogens is 1. The standard InChI is InChI=1S/C23H22ClN5O5S/c24-7-20(30)29(18-3-1-15(2-4-18)19-10-27-14-34-19)21(16-8-25-13-26-9-16)22(31)28-17-5-23(6-17)11-35(32,33)12-23/h1-4,8-10,13-14,17,21H,5-7,11-12H2,(H,28,31). The molecule has 2 fully saturated rings. The van der Waals surface area contributed by atoms with E-state index in [4.69, 9.17) is 16.0 Å². The molecule has 1 aliphatic carbocycles. The van der Waals surface area contributed by atoms with Gasteiger partial charge in [-0.2, -0.15) is 0 Å². The molecule has 2 aromatic heterocycles. The quantitative estimate of drug-likeness (QED) is 0.473. The Morgan fingerprint density at radius 3 is 2.37 bits per heavy atom. The van der Waals surface area contributed by atoms with E-state index >= 15 is 0 Å². The Morgan fingerprint density at radius 1 is 1.11 bits per heavy atom. The molecular weight excluding hydrogens is 494 g/mol. The number of aromatic nitrogens is 3. The van der Waals surface area contributed by atoms with Crippen molar-refractivity contribution in [2.24, 2.45) is 5.41 Å². The summed E-state index contributed by atoms with van der Waals surface area (Å²) in [6, 6.07) is 5.67. The van der Waals surface area contributed by atoms with Crippen molar-refractivity contribution < 1.29 is 22.4 Å². The van der Waals surface area contributed by atoms with Crippen molar-refractivity contribution in [3.8, 4) is 11.3 Å². The van der Waals surface area contributed by atoms with Gasteiger partial charge in [-0.15, -0.1) is 11.6 Å². The number of carbonyl (C=O) groups excluding carboxylic acids is 2. The summed E-state index contributed by atoms with van der Waals surface area (Å²) < 4.78 is 28.5. The molecule has 1 saturated heterocycles. The third-order valence-corrected chi connectivity index (χ3v) is 8.74. The van der Waals surface area contributed by atoms with Gasteiger partial charge in [0.15, 0.2) is 22.0 Å². The lowest BCUT2D eigenvalue weighted by molar-refractivity contribution is -0.127. The lowest BCUT2D eigenvalue weighted by Gasteiger charge is -2.53. The number of amides is 2. The third kappa shape index (κ3) is 4.65. The first-order valence-corrected chi connectivity index (χ1v) is 13.3. The molecule has 35 heavy (non-hydrogen) atoms. The topological polar surface area (TPSA) is 135 Å². The predicted octanol–water partition coefficient (Wildman–Crippen LogP) is 2.14. The molecule has 1 spiro atoms. The average Bonchev–Trinajstić information content (AvgIpc) is 3.35. The van der Waals surface area contributed by atoms with Gasteiger partial charge in [0.05, 0.1) is 17.7 Å². The number of hydrogen-bond donors (Lipinski definition) is 1. The summed E-state index contributed by atoms with van der Waals surface area (Å²) >= 11 is 5.95. The van der Waals surface area contributed by atoms with Crippen LogP contribution in [0.3, 0.4) is 0 Å². The first-order chi connectivity index (χ1) is 16.8. The molecule has 2 aliphatic rings. The fourth-order valence-corrected chi connectivity index (χ4v) is 7.39. The lowest BCUT2D eigenvalue weighted by Crippen LogP contribution is -2.63. The molecule has 182 valence electrons. The van der Waals surface area contributed by atoms with Crippen molar-refractivity contribution in [1.82, 2.24) is 20.3 Å². The van der Waals surface area contributed by atoms with Crippen molar-refractivity contribution in [3.63, 3.8) is 0 Å². The Balaban J connectivity index is 1.42. The van der Waals surface area contributed by atoms with Gasteiger partial charge in [0.1, 0.15) is 18.2 Å². The molecule has 2 amide bonds. The van der Waals surface area contributed by atoms with Crippen molar-refractivity contribution in [3.05, 3.63) is 61.1 Å². The maximum Gasteiger partial charge on any atom is 0.248 e. The zero-order chi connectivity index (χ0) is 24.6. The van der Waals surface area contributed by atoms with Crippen LogP contribution in [0.25, 0.3) is 11.3 Å². The summed E-state index contributed by atoms with van der Waals surface area (Å²) in [6.45, 7) is 0. The molecule has 0 radical (unpaired) electrons. The molecular formula is C23H22ClN5O5S. The van der Waals surface area contributed by atoms with Crippen LogP contribution in [0.15, 0.2) is 60.0 Å². The zero-order valence-electron chi connectivity index (χ0n) is 18.5. The van der Waals surface area contributed by atoms with Gasteiger partial charge in [-0.25, -0.2) is 23.4 Å². The van der Waals surface area contributed by atoms with E-state index in [2.05, 4.69) is 20.3 Å². The summed E-state index contributed by atoms with van der Waals surface area (Å²) in [5.74, 6) is -0.341. The molecule has 3 heterocycles. The largest absolute Gasteiger partial charge is 0.444 e. The maximum atomic E-state index is 13.5. The summed E-state index contributed by atoms with van der Waals surface area (Å²) in [7, 11) is -2.95. The van der Waals surface area contributed by atoms with Gasteiger partial charge in [-0.05, 0) is 37.1 Å². The Labute approximate surface area is 206 Å². The highest BCUT2D eigenvalue weighted by molar-refractivity contribution is 7.92. The average molecular weight is 516 g/mol. The lowest BCUT2D eigenvalue weighted by atomic mass is 9.67. The van der Waals surface area contributed by atoms with Gasteiger partial charge in [0.25, 0.3) is 0 Å². The van der Waals surface area contributed by atoms with Crippen LogP contribution in [-0.2, 0) is 19.4 Å². The van der Waals surface area contributed by atoms with Crippen LogP contribution in [0.1, 0.15) is 24.4 Å². The molecule has 10 nitrogen and oxygen atoms in total. The Hall–Kier alpha value is -3.31. The zero-order valence-corrected chi connectivity index (χ0v) is 20.1. The van der Waals surface area contributed by atoms with Gasteiger partial charge in [0.2, 0.25) is 11.8 Å². The van der Waals surface area contributed by atoms with E-state index in [1.807, 2.05) is 0 Å². The van der Waals surface area contributed by atoms with Crippen LogP contribution in [0, 0.1) is 5.41 Å². The Morgan fingerprint density at radius 2 is 1.80 bits per heavy atom. The van der Waals surface area contributed by atoms with Gasteiger partial charge in [-0.3, -0.25) is 14.5 Å². The molecule has 1 N–H and O–H groups in total. The number of nitrogens with one attached hydrogen (secondary N) is 1. The SMILES string of the molecule is O=C(NC1CC2(C1)CS(=O)(=O)C2)C(c1cncnc1)N(C(=O)CCl)c1ccc(-c2cnco2)cc1. The minimum absolute atomic E-state index is 0.163.